The highest BCUT2D eigenvalue weighted by Gasteiger charge is 2.45. The van der Waals surface area contributed by atoms with Gasteiger partial charge in [-0.15, -0.1) is 0 Å². The zero-order chi connectivity index (χ0) is 19.0. The Kier molecular flexibility index (Phi) is 4.63. The molecule has 1 N–H and O–H groups in total. The molecule has 2 aliphatic heterocycles. The van der Waals surface area contributed by atoms with E-state index in [2.05, 4.69) is 0 Å². The standard InChI is InChI=1S/C19H20N2O5/c1-11(2)15(19(25)26)20-10-6-5-9-14(18(20)24)21-16(22)12-7-3-4-8-13(12)17(21)23/h3-4,6-8,10-11,14-15H,5,9H2,1-2H3,(H,25,26)/t14-,15-/m0/s1. The van der Waals surface area contributed by atoms with Crippen molar-refractivity contribution in [1.29, 1.82) is 0 Å². The summed E-state index contributed by atoms with van der Waals surface area (Å²) in [5.74, 6) is -3.03. The molecule has 26 heavy (non-hydrogen) atoms. The monoisotopic (exact) mass is 356 g/mol. The SMILES string of the molecule is CC(C)[C@@H](C(=O)O)N1C=CCC[C@H](N2C(=O)c3ccccc3C2=O)C1=O. The molecule has 2 heterocycles. The fraction of sp³-hybridized carbons (Fsp3) is 0.368. The number of hydrogen-bond donors (Lipinski definition) is 1. The van der Waals surface area contributed by atoms with E-state index in [-0.39, 0.29) is 23.5 Å². The van der Waals surface area contributed by atoms with E-state index in [0.717, 1.165) is 9.80 Å². The summed E-state index contributed by atoms with van der Waals surface area (Å²) in [7, 11) is 0. The molecule has 0 aromatic heterocycles. The van der Waals surface area contributed by atoms with Crippen LogP contribution >= 0.6 is 0 Å². The summed E-state index contributed by atoms with van der Waals surface area (Å²) in [6.07, 6.45) is 3.89. The lowest BCUT2D eigenvalue weighted by molar-refractivity contribution is -0.151. The number of carbonyl (C=O) groups is 4. The first kappa shape index (κ1) is 17.8. The van der Waals surface area contributed by atoms with E-state index >= 15 is 0 Å². The molecule has 0 spiro atoms. The number of hydrogen-bond acceptors (Lipinski definition) is 4. The van der Waals surface area contributed by atoms with Crippen molar-refractivity contribution in [2.75, 3.05) is 0 Å². The third-order valence-corrected chi connectivity index (χ3v) is 4.73. The third kappa shape index (κ3) is 2.79. The lowest BCUT2D eigenvalue weighted by atomic mass is 10.0. The first-order valence-corrected chi connectivity index (χ1v) is 8.53. The van der Waals surface area contributed by atoms with Gasteiger partial charge in [-0.2, -0.15) is 0 Å². The summed E-state index contributed by atoms with van der Waals surface area (Å²) in [6, 6.07) is 4.36. The van der Waals surface area contributed by atoms with Gasteiger partial charge in [-0.25, -0.2) is 4.79 Å². The molecule has 1 aromatic carbocycles. The van der Waals surface area contributed by atoms with Gasteiger partial charge in [-0.3, -0.25) is 19.3 Å². The molecule has 3 amide bonds. The molecule has 1 aromatic rings. The van der Waals surface area contributed by atoms with Crippen molar-refractivity contribution in [2.24, 2.45) is 5.92 Å². The number of fused-ring (bicyclic) bond motifs is 1. The van der Waals surface area contributed by atoms with E-state index in [4.69, 9.17) is 0 Å². The molecule has 0 bridgehead atoms. The normalized spacial score (nSPS) is 21.2. The predicted molar refractivity (Wildman–Crippen MR) is 92.2 cm³/mol. The quantitative estimate of drug-likeness (QED) is 0.832. The van der Waals surface area contributed by atoms with Crippen LogP contribution in [0.15, 0.2) is 36.5 Å². The molecule has 0 fully saturated rings. The summed E-state index contributed by atoms with van der Waals surface area (Å²) in [5, 5.41) is 9.53. The molecule has 2 atom stereocenters. The minimum Gasteiger partial charge on any atom is -0.480 e. The molecule has 136 valence electrons. The topological polar surface area (TPSA) is 95.0 Å². The van der Waals surface area contributed by atoms with Crippen LogP contribution in [0.5, 0.6) is 0 Å². The van der Waals surface area contributed by atoms with Crippen molar-refractivity contribution < 1.29 is 24.3 Å². The Morgan fingerprint density at radius 1 is 1.12 bits per heavy atom. The van der Waals surface area contributed by atoms with Gasteiger partial charge in [0.1, 0.15) is 12.1 Å². The molecule has 0 saturated carbocycles. The van der Waals surface area contributed by atoms with Crippen LogP contribution in [0.25, 0.3) is 0 Å². The third-order valence-electron chi connectivity index (χ3n) is 4.73. The molecule has 2 aliphatic rings. The van der Waals surface area contributed by atoms with Gasteiger partial charge in [0.05, 0.1) is 11.1 Å². The Balaban J connectivity index is 1.96. The van der Waals surface area contributed by atoms with Gasteiger partial charge in [-0.05, 0) is 30.9 Å². The first-order chi connectivity index (χ1) is 12.3. The Morgan fingerprint density at radius 2 is 1.69 bits per heavy atom. The van der Waals surface area contributed by atoms with E-state index in [9.17, 15) is 24.3 Å². The van der Waals surface area contributed by atoms with Crippen molar-refractivity contribution in [1.82, 2.24) is 9.80 Å². The lowest BCUT2D eigenvalue weighted by Crippen LogP contribution is -2.54. The van der Waals surface area contributed by atoms with E-state index in [1.165, 1.54) is 6.20 Å². The van der Waals surface area contributed by atoms with Gasteiger partial charge < -0.3 is 10.0 Å². The van der Waals surface area contributed by atoms with Crippen LogP contribution in [0.4, 0.5) is 0 Å². The highest BCUT2D eigenvalue weighted by atomic mass is 16.4. The zero-order valence-corrected chi connectivity index (χ0v) is 14.6. The number of allylic oxidation sites excluding steroid dienone is 1. The number of carboxylic acid groups (broad SMARTS) is 1. The van der Waals surface area contributed by atoms with E-state index in [0.29, 0.717) is 6.42 Å². The molecule has 7 nitrogen and oxygen atoms in total. The number of amides is 3. The summed E-state index contributed by atoms with van der Waals surface area (Å²) in [4.78, 5) is 52.3. The van der Waals surface area contributed by atoms with E-state index in [1.54, 1.807) is 44.2 Å². The van der Waals surface area contributed by atoms with Crippen LogP contribution < -0.4 is 0 Å². The van der Waals surface area contributed by atoms with E-state index < -0.39 is 35.8 Å². The van der Waals surface area contributed by atoms with Crippen LogP contribution in [0, 0.1) is 5.92 Å². The molecule has 7 heteroatoms. The van der Waals surface area contributed by atoms with Crippen LogP contribution in [0.2, 0.25) is 0 Å². The van der Waals surface area contributed by atoms with Gasteiger partial charge in [-0.1, -0.05) is 32.1 Å². The smallest absolute Gasteiger partial charge is 0.327 e. The first-order valence-electron chi connectivity index (χ1n) is 8.53. The maximum Gasteiger partial charge on any atom is 0.327 e. The molecule has 3 rings (SSSR count). The van der Waals surface area contributed by atoms with Crippen LogP contribution in [0.3, 0.4) is 0 Å². The number of rotatable bonds is 4. The van der Waals surface area contributed by atoms with Gasteiger partial charge in [0, 0.05) is 6.20 Å². The molecule has 0 radical (unpaired) electrons. The summed E-state index contributed by atoms with van der Waals surface area (Å²) in [6.45, 7) is 3.42. The van der Waals surface area contributed by atoms with Crippen molar-refractivity contribution in [2.45, 2.75) is 38.8 Å². The Morgan fingerprint density at radius 3 is 2.19 bits per heavy atom. The maximum absolute atomic E-state index is 13.1. The minimum absolute atomic E-state index is 0.266. The summed E-state index contributed by atoms with van der Waals surface area (Å²) < 4.78 is 0. The van der Waals surface area contributed by atoms with Crippen LogP contribution in [0.1, 0.15) is 47.4 Å². The Labute approximate surface area is 150 Å². The predicted octanol–water partition coefficient (Wildman–Crippen LogP) is 1.90. The van der Waals surface area contributed by atoms with Gasteiger partial charge in [0.2, 0.25) is 0 Å². The van der Waals surface area contributed by atoms with E-state index in [1.807, 2.05) is 0 Å². The molecular formula is C19H20N2O5. The lowest BCUT2D eigenvalue weighted by Gasteiger charge is -2.32. The van der Waals surface area contributed by atoms with Gasteiger partial charge in [0.15, 0.2) is 0 Å². The molecular weight excluding hydrogens is 336 g/mol. The largest absolute Gasteiger partial charge is 0.480 e. The molecule has 0 aliphatic carbocycles. The maximum atomic E-state index is 13.1. The number of carboxylic acids is 1. The average Bonchev–Trinajstić information content (AvgIpc) is 2.72. The number of aliphatic carboxylic acids is 1. The number of benzene rings is 1. The number of carbonyl (C=O) groups excluding carboxylic acids is 3. The minimum atomic E-state index is -1.12. The Hall–Kier alpha value is -2.96. The molecule has 0 saturated heterocycles. The Bertz CT molecular complexity index is 779. The highest BCUT2D eigenvalue weighted by molar-refractivity contribution is 6.22. The molecule has 0 unspecified atom stereocenters. The number of imide groups is 1. The van der Waals surface area contributed by atoms with Gasteiger partial charge in [0.25, 0.3) is 17.7 Å². The fourth-order valence-electron chi connectivity index (χ4n) is 3.50. The van der Waals surface area contributed by atoms with Crippen molar-refractivity contribution >= 4 is 23.7 Å². The fourth-order valence-corrected chi connectivity index (χ4v) is 3.50. The van der Waals surface area contributed by atoms with Crippen molar-refractivity contribution in [3.63, 3.8) is 0 Å². The van der Waals surface area contributed by atoms with Crippen LogP contribution in [-0.2, 0) is 9.59 Å². The average molecular weight is 356 g/mol. The summed E-state index contributed by atoms with van der Waals surface area (Å²) >= 11 is 0. The second-order valence-corrected chi connectivity index (χ2v) is 6.78. The highest BCUT2D eigenvalue weighted by Crippen LogP contribution is 2.29. The van der Waals surface area contributed by atoms with Gasteiger partial charge >= 0.3 is 5.97 Å². The second kappa shape index (κ2) is 6.74. The number of nitrogens with zero attached hydrogens (tertiary/aromatic N) is 2. The summed E-state index contributed by atoms with van der Waals surface area (Å²) in [5.41, 5.74) is 0.542. The second-order valence-electron chi connectivity index (χ2n) is 6.78. The zero-order valence-electron chi connectivity index (χ0n) is 14.6. The van der Waals surface area contributed by atoms with Crippen LogP contribution in [-0.4, -0.2) is 50.7 Å². The van der Waals surface area contributed by atoms with Crippen molar-refractivity contribution in [3.05, 3.63) is 47.7 Å². The van der Waals surface area contributed by atoms with Crippen molar-refractivity contribution in [3.8, 4) is 0 Å².